The summed E-state index contributed by atoms with van der Waals surface area (Å²) in [6.45, 7) is 5.79. The molecule has 0 unspecified atom stereocenters. The molecule has 0 aliphatic heterocycles. The van der Waals surface area contributed by atoms with Gasteiger partial charge in [0, 0.05) is 12.0 Å². The van der Waals surface area contributed by atoms with Crippen LogP contribution < -0.4 is 14.2 Å². The molecule has 0 heterocycles. The zero-order valence-corrected chi connectivity index (χ0v) is 12.1. The van der Waals surface area contributed by atoms with Crippen LogP contribution in [0, 0.1) is 0 Å². The van der Waals surface area contributed by atoms with Crippen LogP contribution in [0.1, 0.15) is 13.3 Å². The molecule has 0 aliphatic carbocycles. The number of para-hydroxylation sites is 1. The molecule has 110 valence electrons. The first-order chi connectivity index (χ1) is 9.60. The smallest absolute Gasteiger partial charge is 0.333 e. The van der Waals surface area contributed by atoms with Gasteiger partial charge in [0.2, 0.25) is 5.75 Å². The largest absolute Gasteiger partial charge is 0.493 e. The van der Waals surface area contributed by atoms with Gasteiger partial charge in [-0.05, 0) is 19.1 Å². The SMILES string of the molecule is C=C(C)C(=O)OCCCOc1c(OC)cccc1OC. The number of hydrogen-bond acceptors (Lipinski definition) is 5. The van der Waals surface area contributed by atoms with E-state index in [2.05, 4.69) is 6.58 Å². The molecule has 0 saturated heterocycles. The number of ether oxygens (including phenoxy) is 4. The normalized spacial score (nSPS) is 9.75. The minimum Gasteiger partial charge on any atom is -0.493 e. The number of methoxy groups -OCH3 is 2. The highest BCUT2D eigenvalue weighted by Gasteiger charge is 2.11. The summed E-state index contributed by atoms with van der Waals surface area (Å²) in [7, 11) is 3.13. The van der Waals surface area contributed by atoms with Gasteiger partial charge in [-0.2, -0.15) is 0 Å². The Morgan fingerprint density at radius 3 is 2.25 bits per heavy atom. The lowest BCUT2D eigenvalue weighted by Crippen LogP contribution is -2.09. The number of esters is 1. The molecule has 20 heavy (non-hydrogen) atoms. The third kappa shape index (κ3) is 4.50. The van der Waals surface area contributed by atoms with E-state index < -0.39 is 0 Å². The fraction of sp³-hybridized carbons (Fsp3) is 0.400. The van der Waals surface area contributed by atoms with E-state index in [1.807, 2.05) is 6.07 Å². The average Bonchev–Trinajstić information content (AvgIpc) is 2.46. The van der Waals surface area contributed by atoms with Crippen LogP contribution in [0.15, 0.2) is 30.4 Å². The summed E-state index contributed by atoms with van der Waals surface area (Å²) in [5.41, 5.74) is 0.386. The Morgan fingerprint density at radius 2 is 1.75 bits per heavy atom. The van der Waals surface area contributed by atoms with Crippen LogP contribution >= 0.6 is 0 Å². The third-order valence-corrected chi connectivity index (χ3v) is 2.50. The Morgan fingerprint density at radius 1 is 1.15 bits per heavy atom. The van der Waals surface area contributed by atoms with E-state index in [0.717, 1.165) is 0 Å². The standard InChI is InChI=1S/C15H20O5/c1-11(2)15(16)20-10-6-9-19-14-12(17-3)7-5-8-13(14)18-4/h5,7-8H,1,6,9-10H2,2-4H3. The summed E-state index contributed by atoms with van der Waals surface area (Å²) >= 11 is 0. The Balaban J connectivity index is 2.46. The van der Waals surface area contributed by atoms with Gasteiger partial charge in [-0.3, -0.25) is 0 Å². The molecule has 0 amide bonds. The molecular weight excluding hydrogens is 260 g/mol. The van der Waals surface area contributed by atoms with Crippen molar-refractivity contribution in [3.8, 4) is 17.2 Å². The first kappa shape index (κ1) is 15.9. The molecule has 1 rings (SSSR count). The quantitative estimate of drug-likeness (QED) is 0.416. The number of carbonyl (C=O) groups is 1. The molecule has 1 aromatic carbocycles. The van der Waals surface area contributed by atoms with Crippen LogP contribution in [0.25, 0.3) is 0 Å². The third-order valence-electron chi connectivity index (χ3n) is 2.50. The maximum atomic E-state index is 11.2. The van der Waals surface area contributed by atoms with E-state index in [9.17, 15) is 4.79 Å². The van der Waals surface area contributed by atoms with E-state index in [4.69, 9.17) is 18.9 Å². The fourth-order valence-electron chi connectivity index (χ4n) is 1.48. The molecule has 0 saturated carbocycles. The predicted molar refractivity (Wildman–Crippen MR) is 75.4 cm³/mol. The molecule has 0 atom stereocenters. The lowest BCUT2D eigenvalue weighted by Gasteiger charge is -2.14. The van der Waals surface area contributed by atoms with Crippen molar-refractivity contribution in [1.29, 1.82) is 0 Å². The first-order valence-electron chi connectivity index (χ1n) is 6.26. The van der Waals surface area contributed by atoms with Crippen molar-refractivity contribution in [3.63, 3.8) is 0 Å². The van der Waals surface area contributed by atoms with E-state index in [0.29, 0.717) is 35.8 Å². The summed E-state index contributed by atoms with van der Waals surface area (Å²) in [5.74, 6) is 1.36. The van der Waals surface area contributed by atoms with Crippen LogP contribution in [0.2, 0.25) is 0 Å². The van der Waals surface area contributed by atoms with Crippen LogP contribution in [-0.2, 0) is 9.53 Å². The monoisotopic (exact) mass is 280 g/mol. The second-order valence-electron chi connectivity index (χ2n) is 4.11. The Labute approximate surface area is 119 Å². The first-order valence-corrected chi connectivity index (χ1v) is 6.26. The molecule has 1 aromatic rings. The van der Waals surface area contributed by atoms with Crippen LogP contribution in [-0.4, -0.2) is 33.4 Å². The van der Waals surface area contributed by atoms with Crippen molar-refractivity contribution in [2.24, 2.45) is 0 Å². The number of carbonyl (C=O) groups excluding carboxylic acids is 1. The Bertz CT molecular complexity index is 445. The van der Waals surface area contributed by atoms with Gasteiger partial charge in [0.05, 0.1) is 27.4 Å². The zero-order valence-electron chi connectivity index (χ0n) is 12.1. The van der Waals surface area contributed by atoms with E-state index in [1.165, 1.54) is 0 Å². The van der Waals surface area contributed by atoms with Gasteiger partial charge in [-0.15, -0.1) is 0 Å². The van der Waals surface area contributed by atoms with Crippen LogP contribution in [0.4, 0.5) is 0 Å². The highest BCUT2D eigenvalue weighted by atomic mass is 16.5. The summed E-state index contributed by atoms with van der Waals surface area (Å²) in [5, 5.41) is 0. The average molecular weight is 280 g/mol. The molecule has 5 nitrogen and oxygen atoms in total. The number of rotatable bonds is 8. The fourth-order valence-corrected chi connectivity index (χ4v) is 1.48. The topological polar surface area (TPSA) is 54.0 Å². The Kier molecular flexibility index (Phi) is 6.43. The maximum absolute atomic E-state index is 11.2. The second kappa shape index (κ2) is 8.09. The summed E-state index contributed by atoms with van der Waals surface area (Å²) in [4.78, 5) is 11.2. The summed E-state index contributed by atoms with van der Waals surface area (Å²) in [6, 6.07) is 5.40. The molecular formula is C15H20O5. The minimum atomic E-state index is -0.389. The molecule has 0 aliphatic rings. The zero-order chi connectivity index (χ0) is 15.0. The highest BCUT2D eigenvalue weighted by Crippen LogP contribution is 2.36. The summed E-state index contributed by atoms with van der Waals surface area (Å²) in [6.07, 6.45) is 0.570. The van der Waals surface area contributed by atoms with Crippen molar-refractivity contribution in [2.45, 2.75) is 13.3 Å². The molecule has 0 fully saturated rings. The van der Waals surface area contributed by atoms with Gasteiger partial charge in [0.25, 0.3) is 0 Å². The molecule has 0 spiro atoms. The van der Waals surface area contributed by atoms with Crippen LogP contribution in [0.3, 0.4) is 0 Å². The minimum absolute atomic E-state index is 0.281. The van der Waals surface area contributed by atoms with E-state index in [1.54, 1.807) is 33.3 Å². The van der Waals surface area contributed by atoms with Crippen molar-refractivity contribution >= 4 is 5.97 Å². The van der Waals surface area contributed by atoms with Gasteiger partial charge in [-0.25, -0.2) is 4.79 Å². The lowest BCUT2D eigenvalue weighted by molar-refractivity contribution is -0.139. The van der Waals surface area contributed by atoms with Crippen LogP contribution in [0.5, 0.6) is 17.2 Å². The maximum Gasteiger partial charge on any atom is 0.333 e. The van der Waals surface area contributed by atoms with Gasteiger partial charge in [0.15, 0.2) is 11.5 Å². The molecule has 5 heteroatoms. The van der Waals surface area contributed by atoms with Crippen molar-refractivity contribution < 1.29 is 23.7 Å². The lowest BCUT2D eigenvalue weighted by atomic mass is 10.3. The number of hydrogen-bond donors (Lipinski definition) is 0. The van der Waals surface area contributed by atoms with Crippen molar-refractivity contribution in [2.75, 3.05) is 27.4 Å². The number of benzene rings is 1. The van der Waals surface area contributed by atoms with E-state index in [-0.39, 0.29) is 12.6 Å². The van der Waals surface area contributed by atoms with Gasteiger partial charge in [0.1, 0.15) is 0 Å². The highest BCUT2D eigenvalue weighted by molar-refractivity contribution is 5.86. The van der Waals surface area contributed by atoms with E-state index >= 15 is 0 Å². The molecule has 0 N–H and O–H groups in total. The molecule has 0 radical (unpaired) electrons. The van der Waals surface area contributed by atoms with Crippen molar-refractivity contribution in [1.82, 2.24) is 0 Å². The Hall–Kier alpha value is -2.17. The van der Waals surface area contributed by atoms with Gasteiger partial charge in [-0.1, -0.05) is 12.6 Å². The van der Waals surface area contributed by atoms with Crippen molar-refractivity contribution in [3.05, 3.63) is 30.4 Å². The molecule has 0 aromatic heterocycles. The van der Waals surface area contributed by atoms with Gasteiger partial charge < -0.3 is 18.9 Å². The second-order valence-corrected chi connectivity index (χ2v) is 4.11. The predicted octanol–water partition coefficient (Wildman–Crippen LogP) is 2.59. The molecule has 0 bridgehead atoms. The summed E-state index contributed by atoms with van der Waals surface area (Å²) < 4.78 is 21.0. The van der Waals surface area contributed by atoms with Gasteiger partial charge >= 0.3 is 5.97 Å².